The zero-order valence-corrected chi connectivity index (χ0v) is 27.1. The Kier molecular flexibility index (Phi) is 26.2. The van der Waals surface area contributed by atoms with Gasteiger partial charge in [-0.2, -0.15) is 0 Å². The Morgan fingerprint density at radius 1 is 0.875 bits per heavy atom. The third-order valence-corrected chi connectivity index (χ3v) is 7.60. The number of quaternary nitrogens is 1. The van der Waals surface area contributed by atoms with E-state index in [1.807, 2.05) is 31.3 Å². The highest BCUT2D eigenvalue weighted by molar-refractivity contribution is 5.18. The van der Waals surface area contributed by atoms with Crippen LogP contribution in [0.25, 0.3) is 0 Å². The van der Waals surface area contributed by atoms with Crippen molar-refractivity contribution < 1.29 is 5.73 Å². The number of rotatable bonds is 8. The number of hydrogen-bond acceptors (Lipinski definition) is 4. The van der Waals surface area contributed by atoms with Crippen LogP contribution in [-0.4, -0.2) is 45.8 Å². The lowest BCUT2D eigenvalue weighted by Gasteiger charge is -2.20. The number of piperidine rings is 1. The van der Waals surface area contributed by atoms with Crippen LogP contribution >= 0.6 is 0 Å². The average molecular weight is 557 g/mol. The van der Waals surface area contributed by atoms with Crippen LogP contribution in [0, 0.1) is 5.92 Å². The molecule has 2 aliphatic rings. The number of nitrogens with one attached hydrogen (secondary N) is 3. The molecule has 230 valence electrons. The van der Waals surface area contributed by atoms with Crippen molar-refractivity contribution >= 4 is 0 Å². The molecule has 0 spiro atoms. The minimum absolute atomic E-state index is 0.209. The van der Waals surface area contributed by atoms with E-state index in [9.17, 15) is 0 Å². The van der Waals surface area contributed by atoms with Gasteiger partial charge in [0, 0.05) is 18.0 Å². The highest BCUT2D eigenvalue weighted by Gasteiger charge is 2.10. The molecular weight excluding hydrogens is 490 g/mol. The van der Waals surface area contributed by atoms with Gasteiger partial charge in [-0.1, -0.05) is 102 Å². The molecule has 0 bridgehead atoms. The molecule has 4 atom stereocenters. The molecule has 0 aliphatic carbocycles. The van der Waals surface area contributed by atoms with Gasteiger partial charge in [0.05, 0.1) is 6.54 Å². The van der Waals surface area contributed by atoms with E-state index in [4.69, 9.17) is 5.73 Å². The molecule has 5 nitrogen and oxygen atoms in total. The molecule has 5 heteroatoms. The third-order valence-electron chi connectivity index (χ3n) is 7.60. The predicted molar refractivity (Wildman–Crippen MR) is 178 cm³/mol. The van der Waals surface area contributed by atoms with Crippen LogP contribution in [0.1, 0.15) is 109 Å². The van der Waals surface area contributed by atoms with Gasteiger partial charge in [-0.05, 0) is 95.2 Å². The van der Waals surface area contributed by atoms with E-state index in [1.54, 1.807) is 0 Å². The summed E-state index contributed by atoms with van der Waals surface area (Å²) >= 11 is 0. The molecule has 2 heterocycles. The molecule has 0 radical (unpaired) electrons. The van der Waals surface area contributed by atoms with E-state index in [0.29, 0.717) is 5.92 Å². The van der Waals surface area contributed by atoms with Gasteiger partial charge in [0.25, 0.3) is 0 Å². The maximum Gasteiger partial charge on any atom is 0.0806 e. The molecule has 2 aliphatic heterocycles. The third kappa shape index (κ3) is 20.2. The summed E-state index contributed by atoms with van der Waals surface area (Å²) in [4.78, 5) is 0. The van der Waals surface area contributed by atoms with Crippen molar-refractivity contribution in [3.8, 4) is 0 Å². The number of benzene rings is 2. The predicted octanol–water partition coefficient (Wildman–Crippen LogP) is 6.29. The van der Waals surface area contributed by atoms with E-state index < -0.39 is 0 Å². The largest absolute Gasteiger partial charge is 0.357 e. The van der Waals surface area contributed by atoms with Crippen LogP contribution in [0.5, 0.6) is 0 Å². The molecule has 2 fully saturated rings. The standard InChI is InChI=1S/2C9H13N.C7H15N.C6H13N.C4H11N/c1-8(7-10)9-5-3-2-4-6-9;1-2-9(10)8-6-4-3-5-7-8;1-2-7-4-3-5-8-6-7;1-2-6-4-3-5-7-6;1-3-4-5-2/h2-6,8H,7,10H2,1H3;3-7,9H,2,10H2,1H3;7-8H,2-6H2,1H3;6-7H,2-5H2,1H3;5H,3-4H2,1-2H3/p+1/t;;7-;6-;/m..01./s1. The van der Waals surface area contributed by atoms with E-state index in [-0.39, 0.29) is 6.04 Å². The highest BCUT2D eigenvalue weighted by Crippen LogP contribution is 2.13. The topological polar surface area (TPSA) is 89.8 Å². The van der Waals surface area contributed by atoms with Crippen molar-refractivity contribution in [3.63, 3.8) is 0 Å². The van der Waals surface area contributed by atoms with Gasteiger partial charge < -0.3 is 27.4 Å². The van der Waals surface area contributed by atoms with Gasteiger partial charge in [-0.25, -0.2) is 0 Å². The van der Waals surface area contributed by atoms with Gasteiger partial charge in [0.2, 0.25) is 0 Å². The molecule has 2 unspecified atom stereocenters. The van der Waals surface area contributed by atoms with Crippen LogP contribution < -0.4 is 27.4 Å². The van der Waals surface area contributed by atoms with E-state index >= 15 is 0 Å². The van der Waals surface area contributed by atoms with Gasteiger partial charge in [0.1, 0.15) is 0 Å². The van der Waals surface area contributed by atoms with Crippen molar-refractivity contribution in [2.45, 2.75) is 104 Å². The summed E-state index contributed by atoms with van der Waals surface area (Å²) in [5.74, 6) is 1.57. The van der Waals surface area contributed by atoms with Crippen LogP contribution in [0.15, 0.2) is 60.7 Å². The van der Waals surface area contributed by atoms with Gasteiger partial charge >= 0.3 is 0 Å². The summed E-state index contributed by atoms with van der Waals surface area (Å²) in [7, 11) is 1.96. The SMILES string of the molecule is CC(C[NH3+])c1ccccc1.CCC(N)c1ccccc1.CCCNC.CC[C@@H]1CCCN1.CC[C@H]1CCCNC1. The fourth-order valence-corrected chi connectivity index (χ4v) is 4.51. The summed E-state index contributed by atoms with van der Waals surface area (Å²) in [6.45, 7) is 16.8. The van der Waals surface area contributed by atoms with E-state index in [0.717, 1.165) is 31.5 Å². The van der Waals surface area contributed by atoms with Crippen LogP contribution in [0.3, 0.4) is 0 Å². The molecule has 2 aromatic rings. The summed E-state index contributed by atoms with van der Waals surface area (Å²) in [6.07, 6.45) is 10.5. The lowest BCUT2D eigenvalue weighted by molar-refractivity contribution is -0.371. The Hall–Kier alpha value is -1.76. The molecule has 2 aromatic carbocycles. The van der Waals surface area contributed by atoms with Crippen molar-refractivity contribution in [2.75, 3.05) is 39.8 Å². The molecule has 0 amide bonds. The Morgan fingerprint density at radius 2 is 1.48 bits per heavy atom. The molecular formula is C35H66N5+. The Morgan fingerprint density at radius 3 is 1.80 bits per heavy atom. The van der Waals surface area contributed by atoms with Gasteiger partial charge in [-0.3, -0.25) is 0 Å². The first-order valence-electron chi connectivity index (χ1n) is 16.2. The maximum atomic E-state index is 5.79. The molecule has 2 saturated heterocycles. The second kappa shape index (κ2) is 27.4. The fraction of sp³-hybridized carbons (Fsp3) is 0.657. The van der Waals surface area contributed by atoms with Crippen molar-refractivity contribution in [3.05, 3.63) is 71.8 Å². The summed E-state index contributed by atoms with van der Waals surface area (Å²) in [5.41, 5.74) is 12.3. The van der Waals surface area contributed by atoms with E-state index in [2.05, 4.69) is 92.7 Å². The summed E-state index contributed by atoms with van der Waals surface area (Å²) in [5, 5.41) is 9.81. The Balaban J connectivity index is 0.000000485. The molecule has 40 heavy (non-hydrogen) atoms. The number of nitrogens with two attached hydrogens (primary N) is 1. The highest BCUT2D eigenvalue weighted by atomic mass is 14.9. The first kappa shape index (κ1) is 38.2. The van der Waals surface area contributed by atoms with Crippen molar-refractivity contribution in [2.24, 2.45) is 11.7 Å². The molecule has 8 N–H and O–H groups in total. The Bertz CT molecular complexity index is 695. The summed E-state index contributed by atoms with van der Waals surface area (Å²) in [6, 6.07) is 21.7. The molecule has 0 saturated carbocycles. The number of hydrogen-bond donors (Lipinski definition) is 5. The summed E-state index contributed by atoms with van der Waals surface area (Å²) < 4.78 is 0. The first-order chi connectivity index (χ1) is 19.5. The zero-order valence-electron chi connectivity index (χ0n) is 27.1. The smallest absolute Gasteiger partial charge is 0.0806 e. The first-order valence-corrected chi connectivity index (χ1v) is 16.2. The van der Waals surface area contributed by atoms with Gasteiger partial charge in [0.15, 0.2) is 0 Å². The van der Waals surface area contributed by atoms with Crippen molar-refractivity contribution in [1.82, 2.24) is 16.0 Å². The van der Waals surface area contributed by atoms with E-state index in [1.165, 1.54) is 75.7 Å². The normalized spacial score (nSPS) is 19.1. The second-order valence-corrected chi connectivity index (χ2v) is 11.0. The lowest BCUT2D eigenvalue weighted by Crippen LogP contribution is -2.52. The quantitative estimate of drug-likeness (QED) is 0.264. The molecule has 0 aromatic heterocycles. The van der Waals surface area contributed by atoms with Gasteiger partial charge in [-0.15, -0.1) is 0 Å². The van der Waals surface area contributed by atoms with Crippen LogP contribution in [0.4, 0.5) is 0 Å². The molecule has 4 rings (SSSR count). The van der Waals surface area contributed by atoms with Crippen LogP contribution in [0.2, 0.25) is 0 Å². The minimum atomic E-state index is 0.209. The fourth-order valence-electron chi connectivity index (χ4n) is 4.51. The second-order valence-electron chi connectivity index (χ2n) is 11.0. The minimum Gasteiger partial charge on any atom is -0.357 e. The lowest BCUT2D eigenvalue weighted by atomic mass is 9.97. The maximum absolute atomic E-state index is 5.79. The average Bonchev–Trinajstić information content (AvgIpc) is 3.57. The van der Waals surface area contributed by atoms with Crippen LogP contribution in [-0.2, 0) is 0 Å². The van der Waals surface area contributed by atoms with Crippen molar-refractivity contribution in [1.29, 1.82) is 0 Å². The Labute approximate surface area is 248 Å². The zero-order chi connectivity index (χ0) is 29.8. The monoisotopic (exact) mass is 557 g/mol.